The Kier molecular flexibility index (Phi) is 59.1. The smallest absolute Gasteiger partial charge is 0.306 e. The van der Waals surface area contributed by atoms with Gasteiger partial charge in [0.15, 0.2) is 6.10 Å². The van der Waals surface area contributed by atoms with Crippen molar-refractivity contribution in [1.29, 1.82) is 0 Å². The normalized spacial score (nSPS) is 12.0. The summed E-state index contributed by atoms with van der Waals surface area (Å²) in [6.45, 7) is 6.71. The molecule has 0 aromatic heterocycles. The van der Waals surface area contributed by atoms with Gasteiger partial charge in [0.2, 0.25) is 0 Å². The summed E-state index contributed by atoms with van der Waals surface area (Å²) in [5.41, 5.74) is 0. The SMILES string of the molecule is CCCCCCCC/C=C\CCCCCCCC(=O)OCC(COC(=O)CCCCCCCCCCCCCCCCCCCCCCCC)OC(=O)CCCCCCCCCCCCCCCCCC. The molecule has 0 saturated carbocycles. The molecule has 0 rings (SSSR count). The molecule has 6 heteroatoms. The third-order valence-electron chi connectivity index (χ3n) is 14.8. The van der Waals surface area contributed by atoms with E-state index in [2.05, 4.69) is 32.9 Å². The van der Waals surface area contributed by atoms with Gasteiger partial charge in [-0.05, 0) is 44.9 Å². The zero-order chi connectivity index (χ0) is 51.4. The van der Waals surface area contributed by atoms with E-state index in [-0.39, 0.29) is 31.1 Å². The van der Waals surface area contributed by atoms with Crippen LogP contribution in [-0.4, -0.2) is 37.2 Å². The van der Waals surface area contributed by atoms with E-state index in [0.717, 1.165) is 64.2 Å². The molecular weight excluding hydrogens is 877 g/mol. The number of esters is 3. The molecule has 0 bridgehead atoms. The highest BCUT2D eigenvalue weighted by Gasteiger charge is 2.19. The molecule has 0 saturated heterocycles. The maximum Gasteiger partial charge on any atom is 0.306 e. The fourth-order valence-corrected chi connectivity index (χ4v) is 9.91. The molecule has 1 atom stereocenters. The van der Waals surface area contributed by atoms with Crippen LogP contribution in [0.1, 0.15) is 367 Å². The van der Waals surface area contributed by atoms with Crippen molar-refractivity contribution in [2.75, 3.05) is 13.2 Å². The van der Waals surface area contributed by atoms with E-state index < -0.39 is 6.10 Å². The zero-order valence-electron chi connectivity index (χ0n) is 48.3. The van der Waals surface area contributed by atoms with Gasteiger partial charge in [0.05, 0.1) is 0 Å². The maximum atomic E-state index is 12.9. The minimum Gasteiger partial charge on any atom is -0.462 e. The van der Waals surface area contributed by atoms with Gasteiger partial charge in [-0.15, -0.1) is 0 Å². The van der Waals surface area contributed by atoms with Gasteiger partial charge in [-0.25, -0.2) is 0 Å². The van der Waals surface area contributed by atoms with Crippen molar-refractivity contribution in [3.8, 4) is 0 Å². The van der Waals surface area contributed by atoms with Crippen LogP contribution in [0.5, 0.6) is 0 Å². The predicted octanol–water partition coefficient (Wildman–Crippen LogP) is 21.7. The van der Waals surface area contributed by atoms with Crippen molar-refractivity contribution < 1.29 is 28.6 Å². The first-order valence-electron chi connectivity index (χ1n) is 32.2. The lowest BCUT2D eigenvalue weighted by Crippen LogP contribution is -2.30. The highest BCUT2D eigenvalue weighted by Crippen LogP contribution is 2.18. The first-order chi connectivity index (χ1) is 35.0. The van der Waals surface area contributed by atoms with Gasteiger partial charge in [0, 0.05) is 19.3 Å². The summed E-state index contributed by atoms with van der Waals surface area (Å²) in [4.78, 5) is 38.3. The van der Waals surface area contributed by atoms with Crippen molar-refractivity contribution in [2.24, 2.45) is 0 Å². The van der Waals surface area contributed by atoms with Crippen molar-refractivity contribution in [3.05, 3.63) is 12.2 Å². The first kappa shape index (κ1) is 69.2. The minimum atomic E-state index is -0.768. The van der Waals surface area contributed by atoms with Crippen LogP contribution in [0.4, 0.5) is 0 Å². The fourth-order valence-electron chi connectivity index (χ4n) is 9.91. The molecule has 420 valence electrons. The first-order valence-corrected chi connectivity index (χ1v) is 32.2. The predicted molar refractivity (Wildman–Crippen MR) is 307 cm³/mol. The van der Waals surface area contributed by atoms with Crippen molar-refractivity contribution in [1.82, 2.24) is 0 Å². The highest BCUT2D eigenvalue weighted by atomic mass is 16.6. The molecule has 0 heterocycles. The number of hydrogen-bond acceptors (Lipinski definition) is 6. The van der Waals surface area contributed by atoms with Crippen LogP contribution in [0, 0.1) is 0 Å². The summed E-state index contributed by atoms with van der Waals surface area (Å²) in [6.07, 6.45) is 70.7. The van der Waals surface area contributed by atoms with Gasteiger partial charge >= 0.3 is 17.9 Å². The summed E-state index contributed by atoms with van der Waals surface area (Å²) in [6, 6.07) is 0. The standard InChI is InChI=1S/C65H124O6/c1-4-7-10-13-16-19-22-25-28-30-31-32-33-34-35-38-40-43-46-49-52-55-58-64(67)70-61-62(60-69-63(66)57-54-51-48-45-42-39-36-27-24-21-18-15-12-9-6-3)71-65(68)59-56-53-50-47-44-41-37-29-26-23-20-17-14-11-8-5-2/h27,36,62H,4-26,28-35,37-61H2,1-3H3/b36-27-. The van der Waals surface area contributed by atoms with Gasteiger partial charge in [0.25, 0.3) is 0 Å². The number of rotatable bonds is 60. The van der Waals surface area contributed by atoms with E-state index in [4.69, 9.17) is 14.2 Å². The van der Waals surface area contributed by atoms with Crippen molar-refractivity contribution in [2.45, 2.75) is 374 Å². The topological polar surface area (TPSA) is 78.9 Å². The summed E-state index contributed by atoms with van der Waals surface area (Å²) in [5, 5.41) is 0. The van der Waals surface area contributed by atoms with Crippen LogP contribution in [0.15, 0.2) is 12.2 Å². The molecule has 0 aliphatic rings. The number of carbonyl (C=O) groups is 3. The van der Waals surface area contributed by atoms with E-state index >= 15 is 0 Å². The van der Waals surface area contributed by atoms with E-state index in [0.29, 0.717) is 19.3 Å². The van der Waals surface area contributed by atoms with Gasteiger partial charge in [-0.1, -0.05) is 315 Å². The lowest BCUT2D eigenvalue weighted by atomic mass is 10.0. The zero-order valence-corrected chi connectivity index (χ0v) is 48.3. The van der Waals surface area contributed by atoms with Gasteiger partial charge in [0.1, 0.15) is 13.2 Å². The molecule has 1 unspecified atom stereocenters. The summed E-state index contributed by atoms with van der Waals surface area (Å²) >= 11 is 0. The summed E-state index contributed by atoms with van der Waals surface area (Å²) < 4.78 is 16.9. The van der Waals surface area contributed by atoms with Gasteiger partial charge in [-0.3, -0.25) is 14.4 Å². The Labute approximate surface area is 443 Å². The fraction of sp³-hybridized carbons (Fsp3) is 0.923. The molecule has 71 heavy (non-hydrogen) atoms. The van der Waals surface area contributed by atoms with E-state index in [9.17, 15) is 14.4 Å². The van der Waals surface area contributed by atoms with Crippen molar-refractivity contribution in [3.63, 3.8) is 0 Å². The number of unbranched alkanes of at least 4 members (excludes halogenated alkanes) is 47. The maximum absolute atomic E-state index is 12.9. The van der Waals surface area contributed by atoms with Gasteiger partial charge < -0.3 is 14.2 Å². The van der Waals surface area contributed by atoms with Crippen LogP contribution >= 0.6 is 0 Å². The number of ether oxygens (including phenoxy) is 3. The minimum absolute atomic E-state index is 0.0659. The van der Waals surface area contributed by atoms with Gasteiger partial charge in [-0.2, -0.15) is 0 Å². The molecule has 0 radical (unpaired) electrons. The lowest BCUT2D eigenvalue weighted by molar-refractivity contribution is -0.167. The van der Waals surface area contributed by atoms with Crippen LogP contribution in [0.25, 0.3) is 0 Å². The van der Waals surface area contributed by atoms with E-state index in [1.54, 1.807) is 0 Å². The highest BCUT2D eigenvalue weighted by molar-refractivity contribution is 5.71. The Hall–Kier alpha value is -1.85. The molecule has 0 aromatic rings. The molecular formula is C65H124O6. The Bertz CT molecular complexity index is 1100. The largest absolute Gasteiger partial charge is 0.462 e. The third-order valence-corrected chi connectivity index (χ3v) is 14.8. The Morgan fingerprint density at radius 3 is 0.704 bits per heavy atom. The third kappa shape index (κ3) is 58.9. The molecule has 0 aromatic carbocycles. The monoisotopic (exact) mass is 1000 g/mol. The average Bonchev–Trinajstić information content (AvgIpc) is 3.37. The molecule has 0 N–H and O–H groups in total. The second-order valence-electron chi connectivity index (χ2n) is 22.0. The molecule has 0 fully saturated rings. The van der Waals surface area contributed by atoms with E-state index in [1.807, 2.05) is 0 Å². The Morgan fingerprint density at radius 1 is 0.268 bits per heavy atom. The second kappa shape index (κ2) is 60.7. The Morgan fingerprint density at radius 2 is 0.465 bits per heavy atom. The summed E-state index contributed by atoms with van der Waals surface area (Å²) in [7, 11) is 0. The molecule has 6 nitrogen and oxygen atoms in total. The second-order valence-corrected chi connectivity index (χ2v) is 22.0. The van der Waals surface area contributed by atoms with Crippen molar-refractivity contribution >= 4 is 17.9 Å². The van der Waals surface area contributed by atoms with Crippen LogP contribution in [-0.2, 0) is 28.6 Å². The van der Waals surface area contributed by atoms with Crippen LogP contribution in [0.2, 0.25) is 0 Å². The molecule has 0 amide bonds. The Balaban J connectivity index is 4.26. The lowest BCUT2D eigenvalue weighted by Gasteiger charge is -2.18. The molecule has 0 aliphatic carbocycles. The number of hydrogen-bond donors (Lipinski definition) is 0. The molecule has 0 spiro atoms. The van der Waals surface area contributed by atoms with Crippen LogP contribution in [0.3, 0.4) is 0 Å². The number of allylic oxidation sites excluding steroid dienone is 2. The van der Waals surface area contributed by atoms with E-state index in [1.165, 1.54) is 263 Å². The quantitative estimate of drug-likeness (QED) is 0.0261. The summed E-state index contributed by atoms with van der Waals surface area (Å²) in [5.74, 6) is -0.844. The number of carbonyl (C=O) groups excluding carboxylic acids is 3. The molecule has 0 aliphatic heterocycles. The average molecular weight is 1000 g/mol. The van der Waals surface area contributed by atoms with Crippen LogP contribution < -0.4 is 0 Å².